The fourth-order valence-electron chi connectivity index (χ4n) is 8.02. The molecule has 6 rings (SSSR count). The van der Waals surface area contributed by atoms with Crippen molar-refractivity contribution in [2.75, 3.05) is 70.8 Å². The number of hydrogen-bond acceptors (Lipinski definition) is 9. The van der Waals surface area contributed by atoms with Gasteiger partial charge in [-0.1, -0.05) is 18.2 Å². The number of aromatic hydroxyl groups is 1. The van der Waals surface area contributed by atoms with E-state index in [1.54, 1.807) is 33.8 Å². The molecule has 0 saturated carbocycles. The van der Waals surface area contributed by atoms with Gasteiger partial charge in [0.2, 0.25) is 5.91 Å². The van der Waals surface area contributed by atoms with Crippen LogP contribution in [0.4, 0.5) is 15.3 Å². The number of para-hydroxylation sites is 1. The van der Waals surface area contributed by atoms with E-state index in [4.69, 9.17) is 9.47 Å². The summed E-state index contributed by atoms with van der Waals surface area (Å²) in [4.78, 5) is 74.7. The summed E-state index contributed by atoms with van der Waals surface area (Å²) in [5.74, 6) is -0.622. The minimum absolute atomic E-state index is 0.0245. The third kappa shape index (κ3) is 10.3. The van der Waals surface area contributed by atoms with Crippen LogP contribution in [0.1, 0.15) is 56.6 Å². The van der Waals surface area contributed by atoms with E-state index in [1.807, 2.05) is 29.2 Å². The lowest BCUT2D eigenvalue weighted by Gasteiger charge is -2.43. The highest BCUT2D eigenvalue weighted by Gasteiger charge is 2.37. The molecule has 16 heteroatoms. The number of ether oxygens (including phenoxy) is 2. The lowest BCUT2D eigenvalue weighted by molar-refractivity contribution is -0.146. The fraction of sp³-hybridized carbons (Fsp3) is 0.564. The molecule has 0 radical (unpaired) electrons. The molecule has 2 N–H and O–H groups in total. The Kier molecular flexibility index (Phi) is 14.0. The van der Waals surface area contributed by atoms with Crippen LogP contribution < -0.4 is 5.32 Å². The normalized spacial score (nSPS) is 19.3. The molecule has 4 aliphatic heterocycles. The van der Waals surface area contributed by atoms with Crippen LogP contribution in [-0.4, -0.2) is 143 Å². The molecule has 4 aliphatic rings. The molecule has 55 heavy (non-hydrogen) atoms. The van der Waals surface area contributed by atoms with E-state index >= 15 is 0 Å². The van der Waals surface area contributed by atoms with Gasteiger partial charge in [-0.25, -0.2) is 9.59 Å². The first-order valence-electron chi connectivity index (χ1n) is 19.2. The second-order valence-electron chi connectivity index (χ2n) is 14.5. The van der Waals surface area contributed by atoms with Gasteiger partial charge < -0.3 is 39.5 Å². The molecule has 298 valence electrons. The summed E-state index contributed by atoms with van der Waals surface area (Å²) in [5.41, 5.74) is 2.64. The maximum Gasteiger partial charge on any atom is 0.410 e. The summed E-state index contributed by atoms with van der Waals surface area (Å²) in [6, 6.07) is 11.4. The van der Waals surface area contributed by atoms with Gasteiger partial charge in [0, 0.05) is 89.5 Å². The molecule has 0 aromatic heterocycles. The molecule has 1 atom stereocenters. The molecular formula is C39H50Br2N6O8. The number of phenols is 1. The van der Waals surface area contributed by atoms with Crippen molar-refractivity contribution < 1.29 is 38.6 Å². The Morgan fingerprint density at radius 1 is 0.836 bits per heavy atom. The van der Waals surface area contributed by atoms with Gasteiger partial charge in [-0.2, -0.15) is 0 Å². The Labute approximate surface area is 338 Å². The number of phenolic OH excluding ortho intramolecular Hbond substituents is 1. The maximum atomic E-state index is 14.1. The van der Waals surface area contributed by atoms with Gasteiger partial charge in [-0.05, 0) is 100 Å². The van der Waals surface area contributed by atoms with Crippen molar-refractivity contribution in [3.05, 3.63) is 56.5 Å². The average molecular weight is 891 g/mol. The van der Waals surface area contributed by atoms with Crippen LogP contribution in [0.2, 0.25) is 0 Å². The Hall–Kier alpha value is -3.89. The Morgan fingerprint density at radius 3 is 2.15 bits per heavy atom. The van der Waals surface area contributed by atoms with Crippen LogP contribution in [-0.2, 0) is 36.7 Å². The SMILES string of the molecule is CCOC(=O)CCC(=O)N1CCN(C2CCN(C(=O)C(Cc3cc(Br)c(O)c(Br)c3)OC(=O)N3CCC(N4CCc5ccccc5NC4=O)CC3)CC2)CC1. The second-order valence-corrected chi connectivity index (χ2v) is 16.2. The van der Waals surface area contributed by atoms with Gasteiger partial charge in [0.25, 0.3) is 5.91 Å². The number of halogens is 2. The maximum absolute atomic E-state index is 14.1. The molecule has 4 heterocycles. The van der Waals surface area contributed by atoms with Gasteiger partial charge >= 0.3 is 18.1 Å². The average Bonchev–Trinajstić information content (AvgIpc) is 3.36. The Morgan fingerprint density at radius 2 is 1.47 bits per heavy atom. The van der Waals surface area contributed by atoms with E-state index in [-0.39, 0.29) is 60.9 Å². The molecule has 14 nitrogen and oxygen atoms in total. The standard InChI is InChI=1S/C39H50Br2N6O8/c1-2-54-35(49)8-7-34(48)44-21-19-43(20-22-44)28-10-14-45(15-11-28)37(51)33(25-26-23-30(40)36(50)31(41)24-26)55-39(53)46-16-12-29(13-17-46)47-18-9-27-5-3-4-6-32(27)42-38(47)52/h3-6,23-24,28-29,33,50H,2,7-22,25H2,1H3,(H,42,52). The number of nitrogens with one attached hydrogen (secondary N) is 1. The number of urea groups is 1. The molecule has 0 aliphatic carbocycles. The van der Waals surface area contributed by atoms with Crippen LogP contribution in [0.25, 0.3) is 0 Å². The molecule has 2 aromatic carbocycles. The smallest absolute Gasteiger partial charge is 0.410 e. The number of esters is 1. The van der Waals surface area contributed by atoms with E-state index in [1.165, 1.54) is 0 Å². The summed E-state index contributed by atoms with van der Waals surface area (Å²) in [5, 5.41) is 13.3. The summed E-state index contributed by atoms with van der Waals surface area (Å²) in [7, 11) is 0. The van der Waals surface area contributed by atoms with Crippen LogP contribution >= 0.6 is 31.9 Å². The number of fused-ring (bicyclic) bond motifs is 1. The number of anilines is 1. The molecular weight excluding hydrogens is 840 g/mol. The van der Waals surface area contributed by atoms with Crippen LogP contribution in [0, 0.1) is 0 Å². The topological polar surface area (TPSA) is 152 Å². The zero-order chi connectivity index (χ0) is 39.1. The zero-order valence-electron chi connectivity index (χ0n) is 31.2. The number of rotatable bonds is 10. The van der Waals surface area contributed by atoms with Crippen molar-refractivity contribution in [2.45, 2.75) is 76.5 Å². The van der Waals surface area contributed by atoms with Crippen molar-refractivity contribution in [3.63, 3.8) is 0 Å². The van der Waals surface area contributed by atoms with E-state index in [0.29, 0.717) is 79.8 Å². The zero-order valence-corrected chi connectivity index (χ0v) is 34.4. The van der Waals surface area contributed by atoms with Crippen molar-refractivity contribution in [2.24, 2.45) is 0 Å². The largest absolute Gasteiger partial charge is 0.506 e. The molecule has 3 saturated heterocycles. The van der Waals surface area contributed by atoms with Gasteiger partial charge in [0.05, 0.1) is 22.0 Å². The first-order valence-corrected chi connectivity index (χ1v) is 20.8. The highest BCUT2D eigenvalue weighted by molar-refractivity contribution is 9.11. The monoisotopic (exact) mass is 888 g/mol. The number of piperidine rings is 2. The predicted molar refractivity (Wildman–Crippen MR) is 212 cm³/mol. The summed E-state index contributed by atoms with van der Waals surface area (Å²) in [6.45, 7) is 7.07. The number of carbonyl (C=O) groups excluding carboxylic acids is 5. The van der Waals surface area contributed by atoms with Gasteiger partial charge in [0.15, 0.2) is 6.10 Å². The number of likely N-dealkylation sites (tertiary alicyclic amines) is 2. The second kappa shape index (κ2) is 18.8. The highest BCUT2D eigenvalue weighted by atomic mass is 79.9. The van der Waals surface area contributed by atoms with E-state index in [0.717, 1.165) is 43.6 Å². The molecule has 5 amide bonds. The molecule has 0 spiro atoms. The summed E-state index contributed by atoms with van der Waals surface area (Å²) in [6.07, 6.45) is 2.16. The van der Waals surface area contributed by atoms with Gasteiger partial charge in [-0.15, -0.1) is 0 Å². The van der Waals surface area contributed by atoms with Gasteiger partial charge in [0.1, 0.15) is 5.75 Å². The molecule has 0 bridgehead atoms. The lowest BCUT2D eigenvalue weighted by Crippen LogP contribution is -2.56. The van der Waals surface area contributed by atoms with E-state index < -0.39 is 12.2 Å². The molecule has 1 unspecified atom stereocenters. The minimum atomic E-state index is -1.08. The van der Waals surface area contributed by atoms with Crippen LogP contribution in [0.5, 0.6) is 5.75 Å². The van der Waals surface area contributed by atoms with Crippen molar-refractivity contribution in [3.8, 4) is 5.75 Å². The lowest BCUT2D eigenvalue weighted by atomic mass is 10.00. The summed E-state index contributed by atoms with van der Waals surface area (Å²) < 4.78 is 11.9. The Balaban J connectivity index is 1.03. The third-order valence-electron chi connectivity index (χ3n) is 11.1. The molecule has 2 aromatic rings. The Bertz CT molecular complexity index is 1700. The highest BCUT2D eigenvalue weighted by Crippen LogP contribution is 2.34. The fourth-order valence-corrected chi connectivity index (χ4v) is 9.30. The number of nitrogens with zero attached hydrogens (tertiary/aromatic N) is 5. The number of amides is 5. The first-order chi connectivity index (χ1) is 26.5. The van der Waals surface area contributed by atoms with E-state index in [2.05, 4.69) is 42.1 Å². The quantitative estimate of drug-likeness (QED) is 0.314. The first kappa shape index (κ1) is 40.8. The number of carbonyl (C=O) groups is 5. The van der Waals surface area contributed by atoms with Crippen molar-refractivity contribution in [1.29, 1.82) is 0 Å². The van der Waals surface area contributed by atoms with Crippen LogP contribution in [0.3, 0.4) is 0 Å². The summed E-state index contributed by atoms with van der Waals surface area (Å²) >= 11 is 6.75. The number of benzene rings is 2. The van der Waals surface area contributed by atoms with Crippen molar-refractivity contribution >= 4 is 67.5 Å². The number of piperazine rings is 1. The third-order valence-corrected chi connectivity index (χ3v) is 12.3. The number of hydrogen-bond donors (Lipinski definition) is 2. The predicted octanol–water partition coefficient (Wildman–Crippen LogP) is 5.00. The van der Waals surface area contributed by atoms with Crippen molar-refractivity contribution in [1.82, 2.24) is 24.5 Å². The van der Waals surface area contributed by atoms with Gasteiger partial charge in [-0.3, -0.25) is 19.3 Å². The molecule has 3 fully saturated rings. The van der Waals surface area contributed by atoms with E-state index in [9.17, 15) is 29.1 Å². The van der Waals surface area contributed by atoms with Crippen LogP contribution in [0.15, 0.2) is 45.3 Å². The minimum Gasteiger partial charge on any atom is -0.506 e.